The van der Waals surface area contributed by atoms with E-state index in [-0.39, 0.29) is 17.7 Å². The maximum Gasteiger partial charge on any atom is 0.245 e. The number of para-hydroxylation sites is 1. The number of fused-ring (bicyclic) bond motifs is 1. The number of piperidine rings is 1. The molecular formula is C21H29N3O2. The van der Waals surface area contributed by atoms with Gasteiger partial charge in [0, 0.05) is 42.5 Å². The van der Waals surface area contributed by atoms with Crippen molar-refractivity contribution in [1.82, 2.24) is 15.2 Å². The Balaban J connectivity index is 1.80. The number of carbonyl (C=O) groups is 2. The minimum absolute atomic E-state index is 0.0381. The minimum Gasteiger partial charge on any atom is -0.361 e. The van der Waals surface area contributed by atoms with Gasteiger partial charge in [-0.15, -0.1) is 0 Å². The van der Waals surface area contributed by atoms with Gasteiger partial charge in [0.05, 0.1) is 0 Å². The summed E-state index contributed by atoms with van der Waals surface area (Å²) in [5, 5.41) is 4.09. The fourth-order valence-corrected chi connectivity index (χ4v) is 3.51. The third-order valence-corrected chi connectivity index (χ3v) is 5.33. The highest BCUT2D eigenvalue weighted by molar-refractivity contribution is 5.90. The molecule has 5 heteroatoms. The van der Waals surface area contributed by atoms with Gasteiger partial charge in [0.25, 0.3) is 0 Å². The van der Waals surface area contributed by atoms with E-state index in [1.54, 1.807) is 0 Å². The van der Waals surface area contributed by atoms with Gasteiger partial charge in [0.2, 0.25) is 11.8 Å². The van der Waals surface area contributed by atoms with Crippen LogP contribution < -0.4 is 5.32 Å². The van der Waals surface area contributed by atoms with Gasteiger partial charge >= 0.3 is 0 Å². The molecule has 0 bridgehead atoms. The van der Waals surface area contributed by atoms with Crippen LogP contribution >= 0.6 is 0 Å². The maximum atomic E-state index is 13.1. The number of nitrogens with one attached hydrogen (secondary N) is 2. The number of hydrogen-bond donors (Lipinski definition) is 2. The normalized spacial score (nSPS) is 16.8. The molecule has 1 aliphatic heterocycles. The molecule has 0 radical (unpaired) electrons. The van der Waals surface area contributed by atoms with Crippen LogP contribution in [0.3, 0.4) is 0 Å². The summed E-state index contributed by atoms with van der Waals surface area (Å²) in [6, 6.07) is 7.54. The molecule has 2 aromatic rings. The summed E-state index contributed by atoms with van der Waals surface area (Å²) in [6.07, 6.45) is 4.52. The first-order valence-corrected chi connectivity index (χ1v) is 9.60. The van der Waals surface area contributed by atoms with E-state index in [9.17, 15) is 9.59 Å². The van der Waals surface area contributed by atoms with Crippen molar-refractivity contribution in [3.8, 4) is 0 Å². The summed E-state index contributed by atoms with van der Waals surface area (Å²) < 4.78 is 0. The van der Waals surface area contributed by atoms with Crippen LogP contribution in [0.1, 0.15) is 39.2 Å². The molecule has 1 fully saturated rings. The van der Waals surface area contributed by atoms with E-state index in [0.717, 1.165) is 42.4 Å². The average molecular weight is 355 g/mol. The third-order valence-electron chi connectivity index (χ3n) is 5.33. The van der Waals surface area contributed by atoms with Gasteiger partial charge in [-0.05, 0) is 30.4 Å². The Hall–Kier alpha value is -2.30. The van der Waals surface area contributed by atoms with Crippen molar-refractivity contribution in [3.63, 3.8) is 0 Å². The summed E-state index contributed by atoms with van der Waals surface area (Å²) in [5.74, 6) is 0.482. The van der Waals surface area contributed by atoms with Crippen molar-refractivity contribution in [2.75, 3.05) is 13.1 Å². The largest absolute Gasteiger partial charge is 0.361 e. The lowest BCUT2D eigenvalue weighted by Gasteiger charge is -2.33. The molecule has 0 saturated carbocycles. The van der Waals surface area contributed by atoms with Gasteiger partial charge in [-0.3, -0.25) is 9.59 Å². The molecule has 1 unspecified atom stereocenters. The number of carbonyl (C=O) groups excluding carboxylic acids is 2. The zero-order valence-corrected chi connectivity index (χ0v) is 15.9. The van der Waals surface area contributed by atoms with Gasteiger partial charge in [-0.2, -0.15) is 0 Å². The fraction of sp³-hybridized carbons (Fsp3) is 0.524. The number of nitrogens with zero attached hydrogens (tertiary/aromatic N) is 1. The van der Waals surface area contributed by atoms with E-state index in [0.29, 0.717) is 12.3 Å². The number of amides is 2. The molecule has 1 saturated heterocycles. The van der Waals surface area contributed by atoms with E-state index < -0.39 is 6.04 Å². The van der Waals surface area contributed by atoms with Crippen LogP contribution in [0.15, 0.2) is 30.5 Å². The Morgan fingerprint density at radius 2 is 1.92 bits per heavy atom. The zero-order chi connectivity index (χ0) is 18.7. The maximum absolute atomic E-state index is 13.1. The number of aromatic nitrogens is 1. The van der Waals surface area contributed by atoms with Crippen molar-refractivity contribution in [2.45, 2.75) is 46.1 Å². The fourth-order valence-electron chi connectivity index (χ4n) is 3.51. The van der Waals surface area contributed by atoms with Crippen LogP contribution in [0.5, 0.6) is 0 Å². The summed E-state index contributed by atoms with van der Waals surface area (Å²) in [4.78, 5) is 30.6. The molecule has 1 aromatic carbocycles. The highest BCUT2D eigenvalue weighted by atomic mass is 16.2. The predicted molar refractivity (Wildman–Crippen MR) is 104 cm³/mol. The number of hydrogen-bond acceptors (Lipinski definition) is 2. The summed E-state index contributed by atoms with van der Waals surface area (Å²) in [5.41, 5.74) is 2.11. The van der Waals surface area contributed by atoms with Crippen molar-refractivity contribution >= 4 is 22.7 Å². The van der Waals surface area contributed by atoms with E-state index in [1.807, 2.05) is 43.1 Å². The summed E-state index contributed by atoms with van der Waals surface area (Å²) in [7, 11) is 0. The molecule has 5 nitrogen and oxygen atoms in total. The third kappa shape index (κ3) is 4.09. The SMILES string of the molecule is CC1CCN(C(=O)C(Cc2c[nH]c3ccccc23)NC(=O)C(C)C)CC1. The molecule has 1 aromatic heterocycles. The molecule has 26 heavy (non-hydrogen) atoms. The highest BCUT2D eigenvalue weighted by Gasteiger charge is 2.29. The van der Waals surface area contributed by atoms with Crippen LogP contribution in [0.25, 0.3) is 10.9 Å². The Morgan fingerprint density at radius 1 is 1.23 bits per heavy atom. The quantitative estimate of drug-likeness (QED) is 0.865. The first kappa shape index (κ1) is 18.5. The van der Waals surface area contributed by atoms with Gasteiger partial charge in [0.1, 0.15) is 6.04 Å². The van der Waals surface area contributed by atoms with Gasteiger partial charge < -0.3 is 15.2 Å². The van der Waals surface area contributed by atoms with E-state index in [1.165, 1.54) is 0 Å². The summed E-state index contributed by atoms with van der Waals surface area (Å²) in [6.45, 7) is 7.49. The number of likely N-dealkylation sites (tertiary alicyclic amines) is 1. The molecule has 140 valence electrons. The Morgan fingerprint density at radius 3 is 2.62 bits per heavy atom. The molecule has 0 spiro atoms. The Kier molecular flexibility index (Phi) is 5.64. The van der Waals surface area contributed by atoms with Gasteiger partial charge in [0.15, 0.2) is 0 Å². The standard InChI is InChI=1S/C21H29N3O2/c1-14(2)20(25)23-19(21(26)24-10-8-15(3)9-11-24)12-16-13-22-18-7-5-4-6-17(16)18/h4-7,13-15,19,22H,8-12H2,1-3H3,(H,23,25). The molecule has 0 aliphatic carbocycles. The molecule has 2 amide bonds. The first-order chi connectivity index (χ1) is 12.5. The lowest BCUT2D eigenvalue weighted by atomic mass is 9.97. The average Bonchev–Trinajstić information content (AvgIpc) is 3.04. The molecule has 1 atom stereocenters. The van der Waals surface area contributed by atoms with Crippen LogP contribution in [0.4, 0.5) is 0 Å². The second kappa shape index (κ2) is 7.94. The minimum atomic E-state index is -0.516. The zero-order valence-electron chi connectivity index (χ0n) is 15.9. The van der Waals surface area contributed by atoms with Crippen LogP contribution in [-0.2, 0) is 16.0 Å². The lowest BCUT2D eigenvalue weighted by molar-refractivity contribution is -0.138. The molecular weight excluding hydrogens is 326 g/mol. The predicted octanol–water partition coefficient (Wildman–Crippen LogP) is 3.11. The number of aromatic amines is 1. The molecule has 1 aliphatic rings. The van der Waals surface area contributed by atoms with E-state index in [2.05, 4.69) is 23.3 Å². The Labute approximate surface area is 155 Å². The van der Waals surface area contributed by atoms with Crippen molar-refractivity contribution in [2.24, 2.45) is 11.8 Å². The van der Waals surface area contributed by atoms with Crippen LogP contribution in [-0.4, -0.2) is 40.8 Å². The van der Waals surface area contributed by atoms with Crippen molar-refractivity contribution in [1.29, 1.82) is 0 Å². The highest BCUT2D eigenvalue weighted by Crippen LogP contribution is 2.21. The van der Waals surface area contributed by atoms with E-state index in [4.69, 9.17) is 0 Å². The monoisotopic (exact) mass is 355 g/mol. The molecule has 2 heterocycles. The molecule has 3 rings (SSSR count). The summed E-state index contributed by atoms with van der Waals surface area (Å²) >= 11 is 0. The second-order valence-electron chi connectivity index (χ2n) is 7.79. The smallest absolute Gasteiger partial charge is 0.245 e. The Bertz CT molecular complexity index is 772. The first-order valence-electron chi connectivity index (χ1n) is 9.60. The number of rotatable bonds is 5. The van der Waals surface area contributed by atoms with Crippen molar-refractivity contribution in [3.05, 3.63) is 36.0 Å². The number of benzene rings is 1. The van der Waals surface area contributed by atoms with Gasteiger partial charge in [-0.25, -0.2) is 0 Å². The topological polar surface area (TPSA) is 65.2 Å². The van der Waals surface area contributed by atoms with Crippen LogP contribution in [0.2, 0.25) is 0 Å². The molecule has 2 N–H and O–H groups in total. The van der Waals surface area contributed by atoms with Crippen LogP contribution in [0, 0.1) is 11.8 Å². The lowest BCUT2D eigenvalue weighted by Crippen LogP contribution is -2.52. The van der Waals surface area contributed by atoms with E-state index >= 15 is 0 Å². The van der Waals surface area contributed by atoms with Gasteiger partial charge in [-0.1, -0.05) is 39.0 Å². The second-order valence-corrected chi connectivity index (χ2v) is 7.79. The van der Waals surface area contributed by atoms with Crippen molar-refractivity contribution < 1.29 is 9.59 Å². The number of H-pyrrole nitrogens is 1.